The molecule has 0 bridgehead atoms. The third-order valence-electron chi connectivity index (χ3n) is 3.85. The van der Waals surface area contributed by atoms with Crippen molar-refractivity contribution in [3.63, 3.8) is 0 Å². The molecule has 1 aliphatic rings. The van der Waals surface area contributed by atoms with Gasteiger partial charge >= 0.3 is 0 Å². The molecule has 21 heavy (non-hydrogen) atoms. The largest absolute Gasteiger partial charge is 0.392 e. The number of hydrogen-bond donors (Lipinski definition) is 3. The number of amides is 1. The summed E-state index contributed by atoms with van der Waals surface area (Å²) in [4.78, 5) is 14.2. The van der Waals surface area contributed by atoms with E-state index in [2.05, 4.69) is 53.6 Å². The first-order valence-electron chi connectivity index (χ1n) is 7.61. The van der Waals surface area contributed by atoms with E-state index in [1.54, 1.807) is 0 Å². The summed E-state index contributed by atoms with van der Waals surface area (Å²) in [6.07, 6.45) is 0.0986. The van der Waals surface area contributed by atoms with E-state index in [4.69, 9.17) is 0 Å². The number of nitrogens with one attached hydrogen (secondary N) is 2. The van der Waals surface area contributed by atoms with Crippen LogP contribution in [0.5, 0.6) is 0 Å². The van der Waals surface area contributed by atoms with Gasteiger partial charge in [-0.25, -0.2) is 0 Å². The topological polar surface area (TPSA) is 64.6 Å². The van der Waals surface area contributed by atoms with E-state index >= 15 is 0 Å². The zero-order valence-electron chi connectivity index (χ0n) is 12.8. The molecule has 1 fully saturated rings. The Morgan fingerprint density at radius 1 is 1.52 bits per heavy atom. The number of rotatable bonds is 6. The number of aryl methyl sites for hydroxylation is 1. The van der Waals surface area contributed by atoms with Gasteiger partial charge in [0.05, 0.1) is 12.1 Å². The van der Waals surface area contributed by atoms with E-state index in [1.165, 1.54) is 11.3 Å². The van der Waals surface area contributed by atoms with Crippen LogP contribution >= 0.6 is 0 Å². The number of hydrogen-bond acceptors (Lipinski definition) is 4. The molecular formula is C16H25N3O2. The Balaban J connectivity index is 1.79. The number of benzene rings is 1. The first-order valence-corrected chi connectivity index (χ1v) is 7.61. The van der Waals surface area contributed by atoms with Crippen LogP contribution in [-0.2, 0) is 4.79 Å². The van der Waals surface area contributed by atoms with Crippen molar-refractivity contribution in [3.8, 4) is 0 Å². The average Bonchev–Trinajstić information content (AvgIpc) is 2.90. The second-order valence-corrected chi connectivity index (χ2v) is 5.56. The fraction of sp³-hybridized carbons (Fsp3) is 0.562. The van der Waals surface area contributed by atoms with Crippen molar-refractivity contribution in [3.05, 3.63) is 29.8 Å². The molecule has 116 valence electrons. The van der Waals surface area contributed by atoms with Crippen molar-refractivity contribution >= 4 is 11.6 Å². The van der Waals surface area contributed by atoms with Crippen LogP contribution in [-0.4, -0.2) is 49.3 Å². The highest BCUT2D eigenvalue weighted by atomic mass is 16.3. The lowest BCUT2D eigenvalue weighted by Crippen LogP contribution is -2.43. The summed E-state index contributed by atoms with van der Waals surface area (Å²) in [6.45, 7) is 6.98. The molecule has 3 N–H and O–H groups in total. The SMILES string of the molecule is CCN(CCNC(=O)C1CC(O)CN1)c1cccc(C)c1. The highest BCUT2D eigenvalue weighted by Crippen LogP contribution is 2.15. The summed E-state index contributed by atoms with van der Waals surface area (Å²) in [7, 11) is 0. The molecule has 1 amide bonds. The van der Waals surface area contributed by atoms with Crippen LogP contribution in [0.3, 0.4) is 0 Å². The molecule has 2 atom stereocenters. The number of anilines is 1. The van der Waals surface area contributed by atoms with Crippen molar-refractivity contribution in [1.29, 1.82) is 0 Å². The quantitative estimate of drug-likeness (QED) is 0.720. The highest BCUT2D eigenvalue weighted by molar-refractivity contribution is 5.82. The van der Waals surface area contributed by atoms with Crippen molar-refractivity contribution in [2.24, 2.45) is 0 Å². The molecule has 0 saturated carbocycles. The smallest absolute Gasteiger partial charge is 0.237 e. The summed E-state index contributed by atoms with van der Waals surface area (Å²) in [5.41, 5.74) is 2.42. The molecule has 1 heterocycles. The highest BCUT2D eigenvalue weighted by Gasteiger charge is 2.27. The Bertz CT molecular complexity index is 478. The number of likely N-dealkylation sites (N-methyl/N-ethyl adjacent to an activating group) is 1. The maximum Gasteiger partial charge on any atom is 0.237 e. The maximum atomic E-state index is 11.9. The number of carbonyl (C=O) groups is 1. The van der Waals surface area contributed by atoms with Gasteiger partial charge in [-0.1, -0.05) is 12.1 Å². The summed E-state index contributed by atoms with van der Waals surface area (Å²) in [5.74, 6) is -0.0214. The van der Waals surface area contributed by atoms with Crippen LogP contribution in [0.4, 0.5) is 5.69 Å². The van der Waals surface area contributed by atoms with Crippen LogP contribution in [0.1, 0.15) is 18.9 Å². The van der Waals surface area contributed by atoms with E-state index in [1.807, 2.05) is 0 Å². The van der Waals surface area contributed by atoms with Gasteiger partial charge < -0.3 is 20.6 Å². The second kappa shape index (κ2) is 7.43. The van der Waals surface area contributed by atoms with Gasteiger partial charge in [-0.15, -0.1) is 0 Å². The van der Waals surface area contributed by atoms with Crippen molar-refractivity contribution < 1.29 is 9.90 Å². The number of aliphatic hydroxyl groups is 1. The number of nitrogens with zero attached hydrogens (tertiary/aromatic N) is 1. The van der Waals surface area contributed by atoms with Crippen LogP contribution in [0.2, 0.25) is 0 Å². The molecule has 0 aromatic heterocycles. The Morgan fingerprint density at radius 2 is 2.33 bits per heavy atom. The summed E-state index contributed by atoms with van der Waals surface area (Å²) in [6, 6.07) is 8.12. The lowest BCUT2D eigenvalue weighted by atomic mass is 10.2. The van der Waals surface area contributed by atoms with Gasteiger partial charge in [-0.2, -0.15) is 0 Å². The zero-order valence-corrected chi connectivity index (χ0v) is 12.8. The minimum Gasteiger partial charge on any atom is -0.392 e. The van der Waals surface area contributed by atoms with E-state index in [-0.39, 0.29) is 11.9 Å². The first kappa shape index (κ1) is 15.8. The van der Waals surface area contributed by atoms with Gasteiger partial charge in [0.25, 0.3) is 0 Å². The van der Waals surface area contributed by atoms with E-state index in [0.29, 0.717) is 19.5 Å². The second-order valence-electron chi connectivity index (χ2n) is 5.56. The van der Waals surface area contributed by atoms with E-state index in [0.717, 1.165) is 13.1 Å². The maximum absolute atomic E-state index is 11.9. The standard InChI is InChI=1S/C16H25N3O2/c1-3-19(13-6-4-5-12(2)9-13)8-7-17-16(21)15-10-14(20)11-18-15/h4-6,9,14-15,18,20H,3,7-8,10-11H2,1-2H3,(H,17,21). The van der Waals surface area contributed by atoms with Gasteiger partial charge in [0, 0.05) is 31.9 Å². The predicted molar refractivity (Wildman–Crippen MR) is 84.5 cm³/mol. The lowest BCUT2D eigenvalue weighted by Gasteiger charge is -2.24. The molecule has 5 heteroatoms. The van der Waals surface area contributed by atoms with Crippen molar-refractivity contribution in [2.75, 3.05) is 31.1 Å². The molecule has 2 rings (SSSR count). The minimum absolute atomic E-state index is 0.0214. The average molecular weight is 291 g/mol. The Labute approximate surface area is 126 Å². The molecule has 1 aliphatic heterocycles. The fourth-order valence-electron chi connectivity index (χ4n) is 2.65. The lowest BCUT2D eigenvalue weighted by molar-refractivity contribution is -0.122. The molecule has 1 aromatic carbocycles. The van der Waals surface area contributed by atoms with E-state index < -0.39 is 6.10 Å². The van der Waals surface area contributed by atoms with Crippen molar-refractivity contribution in [1.82, 2.24) is 10.6 Å². The molecule has 1 saturated heterocycles. The summed E-state index contributed by atoms with van der Waals surface area (Å²) in [5, 5.41) is 15.4. The van der Waals surface area contributed by atoms with Gasteiger partial charge in [-0.05, 0) is 38.0 Å². The molecule has 0 aliphatic carbocycles. The summed E-state index contributed by atoms with van der Waals surface area (Å²) >= 11 is 0. The molecule has 2 unspecified atom stereocenters. The zero-order chi connectivity index (χ0) is 15.2. The minimum atomic E-state index is -0.403. The molecular weight excluding hydrogens is 266 g/mol. The molecule has 1 aromatic rings. The van der Waals surface area contributed by atoms with E-state index in [9.17, 15) is 9.90 Å². The number of aliphatic hydroxyl groups excluding tert-OH is 1. The molecule has 0 spiro atoms. The van der Waals surface area contributed by atoms with Crippen LogP contribution < -0.4 is 15.5 Å². The van der Waals surface area contributed by atoms with Crippen molar-refractivity contribution in [2.45, 2.75) is 32.4 Å². The van der Waals surface area contributed by atoms with Crippen LogP contribution in [0.25, 0.3) is 0 Å². The van der Waals surface area contributed by atoms with Gasteiger partial charge in [-0.3, -0.25) is 4.79 Å². The molecule has 0 radical (unpaired) electrons. The number of carbonyl (C=O) groups excluding carboxylic acids is 1. The van der Waals surface area contributed by atoms with Gasteiger partial charge in [0.15, 0.2) is 0 Å². The Morgan fingerprint density at radius 3 is 2.95 bits per heavy atom. The first-order chi connectivity index (χ1) is 10.1. The van der Waals surface area contributed by atoms with Crippen LogP contribution in [0, 0.1) is 6.92 Å². The third-order valence-corrected chi connectivity index (χ3v) is 3.85. The summed E-state index contributed by atoms with van der Waals surface area (Å²) < 4.78 is 0. The predicted octanol–water partition coefficient (Wildman–Crippen LogP) is 0.660. The fourth-order valence-corrected chi connectivity index (χ4v) is 2.65. The normalized spacial score (nSPS) is 21.3. The molecule has 5 nitrogen and oxygen atoms in total. The third kappa shape index (κ3) is 4.44. The van der Waals surface area contributed by atoms with Gasteiger partial charge in [0.1, 0.15) is 0 Å². The Hall–Kier alpha value is -1.59. The Kier molecular flexibility index (Phi) is 5.59. The number of β-amino-alcohol motifs (C(OH)–C–C–N with tert-alkyl or cyclic N) is 1. The van der Waals surface area contributed by atoms with Gasteiger partial charge in [0.2, 0.25) is 5.91 Å². The van der Waals surface area contributed by atoms with Crippen LogP contribution in [0.15, 0.2) is 24.3 Å². The monoisotopic (exact) mass is 291 g/mol.